The van der Waals surface area contributed by atoms with E-state index in [4.69, 9.17) is 5.73 Å². The lowest BCUT2D eigenvalue weighted by atomic mass is 9.86. The van der Waals surface area contributed by atoms with Crippen LogP contribution in [-0.2, 0) is 4.79 Å². The smallest absolute Gasteiger partial charge is 0.128 e. The van der Waals surface area contributed by atoms with E-state index in [2.05, 4.69) is 19.2 Å². The largest absolute Gasteiger partial charge is 0.399 e. The van der Waals surface area contributed by atoms with E-state index in [1.807, 2.05) is 48.4 Å². The summed E-state index contributed by atoms with van der Waals surface area (Å²) in [5, 5.41) is 13.7. The minimum Gasteiger partial charge on any atom is -0.399 e. The fourth-order valence-corrected chi connectivity index (χ4v) is 2.79. The molecule has 2 unspecified atom stereocenters. The summed E-state index contributed by atoms with van der Waals surface area (Å²) < 4.78 is 0. The minimum absolute atomic E-state index is 0. The summed E-state index contributed by atoms with van der Waals surface area (Å²) in [6.45, 7) is 4.69. The molecular formula is C20H27ClN2O2. The molecule has 2 atom stereocenters. The number of rotatable bonds is 7. The van der Waals surface area contributed by atoms with Crippen molar-refractivity contribution in [1.29, 1.82) is 0 Å². The van der Waals surface area contributed by atoms with Crippen molar-refractivity contribution < 1.29 is 9.90 Å². The van der Waals surface area contributed by atoms with Crippen molar-refractivity contribution >= 4 is 18.3 Å². The predicted octanol–water partition coefficient (Wildman–Crippen LogP) is 3.08. The molecule has 1 aliphatic carbocycles. The van der Waals surface area contributed by atoms with Crippen LogP contribution in [0.1, 0.15) is 38.4 Å². The second kappa shape index (κ2) is 9.59. The highest BCUT2D eigenvalue weighted by Crippen LogP contribution is 2.26. The van der Waals surface area contributed by atoms with Gasteiger partial charge in [0.15, 0.2) is 0 Å². The molecule has 0 aromatic heterocycles. The van der Waals surface area contributed by atoms with Gasteiger partial charge in [0.25, 0.3) is 0 Å². The predicted molar refractivity (Wildman–Crippen MR) is 104 cm³/mol. The van der Waals surface area contributed by atoms with Gasteiger partial charge in [-0.25, -0.2) is 4.79 Å². The van der Waals surface area contributed by atoms with Gasteiger partial charge < -0.3 is 16.2 Å². The van der Waals surface area contributed by atoms with Gasteiger partial charge in [-0.3, -0.25) is 0 Å². The number of hydrogen-bond donors (Lipinski definition) is 3. The van der Waals surface area contributed by atoms with E-state index in [9.17, 15) is 9.90 Å². The number of aliphatic hydroxyl groups excluding tert-OH is 1. The number of β-amino-alcohol motifs (C(OH)–C–C–N with tert-alkyl or cyclic N) is 1. The number of allylic oxidation sites excluding steroid dienone is 4. The van der Waals surface area contributed by atoms with Crippen LogP contribution >= 0.6 is 12.4 Å². The van der Waals surface area contributed by atoms with E-state index >= 15 is 0 Å². The van der Waals surface area contributed by atoms with E-state index in [1.54, 1.807) is 6.08 Å². The highest BCUT2D eigenvalue weighted by atomic mass is 35.5. The number of nitrogens with two attached hydrogens (primary N) is 1. The first kappa shape index (κ1) is 21.2. The molecule has 0 spiro atoms. The summed E-state index contributed by atoms with van der Waals surface area (Å²) in [7, 11) is 0. The summed E-state index contributed by atoms with van der Waals surface area (Å²) in [6, 6.07) is 9.62. The van der Waals surface area contributed by atoms with E-state index in [0.29, 0.717) is 17.8 Å². The number of benzene rings is 1. The van der Waals surface area contributed by atoms with Crippen LogP contribution in [0.25, 0.3) is 0 Å². The molecular weight excluding hydrogens is 336 g/mol. The molecule has 0 heterocycles. The Kier molecular flexibility index (Phi) is 8.14. The maximum absolute atomic E-state index is 11.1. The average Bonchev–Trinajstić information content (AvgIpc) is 2.59. The molecule has 1 aliphatic rings. The lowest BCUT2D eigenvalue weighted by Gasteiger charge is -2.29. The maximum atomic E-state index is 11.1. The third-order valence-corrected chi connectivity index (χ3v) is 4.40. The molecule has 0 saturated carbocycles. The van der Waals surface area contributed by atoms with E-state index in [0.717, 1.165) is 18.4 Å². The Labute approximate surface area is 155 Å². The topological polar surface area (TPSA) is 75.4 Å². The monoisotopic (exact) mass is 362 g/mol. The highest BCUT2D eigenvalue weighted by Gasteiger charge is 2.22. The molecule has 2 rings (SSSR count). The molecule has 0 aliphatic heterocycles. The van der Waals surface area contributed by atoms with Gasteiger partial charge in [0.1, 0.15) is 5.94 Å². The highest BCUT2D eigenvalue weighted by molar-refractivity contribution is 5.85. The quantitative estimate of drug-likeness (QED) is 0.651. The molecule has 0 saturated heterocycles. The zero-order chi connectivity index (χ0) is 17.6. The molecule has 4 N–H and O–H groups in total. The van der Waals surface area contributed by atoms with Gasteiger partial charge in [-0.05, 0) is 44.4 Å². The number of carbonyl (C=O) groups excluding carboxylic acids is 1. The van der Waals surface area contributed by atoms with Crippen LogP contribution in [0.4, 0.5) is 0 Å². The van der Waals surface area contributed by atoms with Gasteiger partial charge in [0.05, 0.1) is 6.10 Å². The van der Waals surface area contributed by atoms with Gasteiger partial charge in [-0.2, -0.15) is 0 Å². The van der Waals surface area contributed by atoms with Crippen LogP contribution in [0, 0.1) is 5.92 Å². The Balaban J connectivity index is 0.00000312. The second-order valence-electron chi connectivity index (χ2n) is 6.90. The molecule has 0 bridgehead atoms. The maximum Gasteiger partial charge on any atom is 0.128 e. The molecule has 25 heavy (non-hydrogen) atoms. The second-order valence-corrected chi connectivity index (χ2v) is 6.90. The Morgan fingerprint density at radius 3 is 2.64 bits per heavy atom. The molecule has 136 valence electrons. The van der Waals surface area contributed by atoms with Crippen molar-refractivity contribution in [3.05, 3.63) is 65.4 Å². The third-order valence-electron chi connectivity index (χ3n) is 4.40. The van der Waals surface area contributed by atoms with Crippen LogP contribution in [0.3, 0.4) is 0 Å². The standard InChI is InChI=1S/C20H26N2O2.ClH/c1-20(2,22-13-19(24)16-6-4-3-5-7-16)11-10-15-8-9-18(21)12-17(15)14-23;/h3-9,12,15,19,22,24H,10-11,13,21H2,1-2H3;1H. The Hall–Kier alpha value is -1.84. The van der Waals surface area contributed by atoms with Crippen molar-refractivity contribution in [2.45, 2.75) is 38.3 Å². The molecule has 0 radical (unpaired) electrons. The summed E-state index contributed by atoms with van der Waals surface area (Å²) in [6.07, 6.45) is 6.65. The zero-order valence-corrected chi connectivity index (χ0v) is 15.6. The van der Waals surface area contributed by atoms with Crippen LogP contribution in [-0.4, -0.2) is 23.1 Å². The first-order valence-corrected chi connectivity index (χ1v) is 8.30. The number of halogens is 1. The van der Waals surface area contributed by atoms with Gasteiger partial charge in [-0.1, -0.05) is 36.4 Å². The van der Waals surface area contributed by atoms with Crippen molar-refractivity contribution in [3.63, 3.8) is 0 Å². The van der Waals surface area contributed by atoms with Crippen LogP contribution in [0.5, 0.6) is 0 Å². The lowest BCUT2D eigenvalue weighted by Crippen LogP contribution is -2.41. The van der Waals surface area contributed by atoms with E-state index in [1.165, 1.54) is 0 Å². The molecule has 4 nitrogen and oxygen atoms in total. The van der Waals surface area contributed by atoms with Gasteiger partial charge in [-0.15, -0.1) is 12.4 Å². The summed E-state index contributed by atoms with van der Waals surface area (Å²) in [4.78, 5) is 11.1. The van der Waals surface area contributed by atoms with E-state index < -0.39 is 6.10 Å². The van der Waals surface area contributed by atoms with Crippen molar-refractivity contribution in [2.24, 2.45) is 11.7 Å². The molecule has 0 fully saturated rings. The van der Waals surface area contributed by atoms with Gasteiger partial charge in [0.2, 0.25) is 0 Å². The summed E-state index contributed by atoms with van der Waals surface area (Å²) >= 11 is 0. The van der Waals surface area contributed by atoms with Crippen molar-refractivity contribution in [2.75, 3.05) is 6.54 Å². The number of aliphatic hydroxyl groups is 1. The fraction of sp³-hybridized carbons (Fsp3) is 0.400. The lowest BCUT2D eigenvalue weighted by molar-refractivity contribution is 0.158. The third kappa shape index (κ3) is 6.52. The molecule has 1 aromatic carbocycles. The van der Waals surface area contributed by atoms with Crippen LogP contribution < -0.4 is 11.1 Å². The molecule has 5 heteroatoms. The average molecular weight is 363 g/mol. The normalized spacial score (nSPS) is 18.1. The van der Waals surface area contributed by atoms with Gasteiger partial charge in [0, 0.05) is 29.3 Å². The summed E-state index contributed by atoms with van der Waals surface area (Å²) in [5.74, 6) is 2.04. The Morgan fingerprint density at radius 2 is 2.00 bits per heavy atom. The Morgan fingerprint density at radius 1 is 1.32 bits per heavy atom. The first-order chi connectivity index (χ1) is 11.4. The number of nitrogens with one attached hydrogen (secondary N) is 1. The molecule has 1 aromatic rings. The van der Waals surface area contributed by atoms with Crippen LogP contribution in [0.15, 0.2) is 59.8 Å². The van der Waals surface area contributed by atoms with E-state index in [-0.39, 0.29) is 23.9 Å². The molecule has 0 amide bonds. The first-order valence-electron chi connectivity index (χ1n) is 8.30. The van der Waals surface area contributed by atoms with Crippen molar-refractivity contribution in [3.8, 4) is 0 Å². The summed E-state index contributed by atoms with van der Waals surface area (Å²) in [5.41, 5.74) is 7.67. The zero-order valence-electron chi connectivity index (χ0n) is 14.7. The fourth-order valence-electron chi connectivity index (χ4n) is 2.79. The SMILES string of the molecule is CC(C)(CCC1C=CC(N)=CC1=C=O)NCC(O)c1ccccc1.Cl. The van der Waals surface area contributed by atoms with Gasteiger partial charge >= 0.3 is 0 Å². The minimum atomic E-state index is -0.534. The van der Waals surface area contributed by atoms with Crippen LogP contribution in [0.2, 0.25) is 0 Å². The van der Waals surface area contributed by atoms with Crippen molar-refractivity contribution in [1.82, 2.24) is 5.32 Å². The number of hydrogen-bond acceptors (Lipinski definition) is 4. The Bertz CT molecular complexity index is 662.